The first-order valence-corrected chi connectivity index (χ1v) is 12.2. The molecule has 0 radical (unpaired) electrons. The second kappa shape index (κ2) is 8.92. The number of anilines is 1. The topological polar surface area (TPSA) is 132 Å². The molecule has 10 nitrogen and oxygen atoms in total. The molecule has 3 aliphatic rings. The molecule has 3 aliphatic carbocycles. The predicted octanol–water partition coefficient (Wildman–Crippen LogP) is 4.50. The highest BCUT2D eigenvalue weighted by atomic mass is 35.5. The van der Waals surface area contributed by atoms with Gasteiger partial charge < -0.3 is 14.5 Å². The zero-order chi connectivity index (χ0) is 23.9. The second-order valence-electron chi connectivity index (χ2n) is 9.03. The molecular formula is C24H24ClN7O3. The summed E-state index contributed by atoms with van der Waals surface area (Å²) in [6.07, 6.45) is 7.32. The molecule has 2 atom stereocenters. The third kappa shape index (κ3) is 4.01. The van der Waals surface area contributed by atoms with Crippen molar-refractivity contribution < 1.29 is 13.9 Å². The first-order valence-electron chi connectivity index (χ1n) is 11.8. The molecule has 0 aromatic carbocycles. The number of nitrogens with one attached hydrogen (secondary N) is 2. The van der Waals surface area contributed by atoms with Crippen molar-refractivity contribution >= 4 is 34.6 Å². The van der Waals surface area contributed by atoms with Gasteiger partial charge in [-0.2, -0.15) is 15.1 Å². The number of H-pyrrole nitrogens is 1. The van der Waals surface area contributed by atoms with Crippen LogP contribution in [0.3, 0.4) is 0 Å². The molecule has 0 aliphatic heterocycles. The number of hydrogen-bond acceptors (Lipinski definition) is 9. The number of furan rings is 1. The SMILES string of the molecule is CCOC(=O)[C@H]1C2CCC(CC2)[C@@H]1Nc1nc(-c2ccco2)nc(-c2[nH]nc3ncc(Cl)cc23)n1. The van der Waals surface area contributed by atoms with Gasteiger partial charge >= 0.3 is 5.97 Å². The summed E-state index contributed by atoms with van der Waals surface area (Å²) in [7, 11) is 0. The summed E-state index contributed by atoms with van der Waals surface area (Å²) in [6.45, 7) is 2.20. The van der Waals surface area contributed by atoms with Gasteiger partial charge in [0.2, 0.25) is 11.8 Å². The Morgan fingerprint density at radius 2 is 2.00 bits per heavy atom. The summed E-state index contributed by atoms with van der Waals surface area (Å²) >= 11 is 6.19. The van der Waals surface area contributed by atoms with Crippen LogP contribution in [0.2, 0.25) is 5.02 Å². The standard InChI is InChI=1S/C24H24ClN7O3/c1-2-34-23(33)17-12-5-7-13(8-6-12)18(17)27-24-29-21(16-4-3-9-35-16)28-22(30-24)19-15-10-14(25)11-26-20(15)32-31-19/h3-4,9-13,17-18H,2,5-8H2,1H3,(H,26,31,32)(H,27,28,29,30)/t12?,13?,17-,18-/m0/s1. The molecule has 0 amide bonds. The van der Waals surface area contributed by atoms with Crippen LogP contribution in [-0.4, -0.2) is 48.8 Å². The Morgan fingerprint density at radius 3 is 2.77 bits per heavy atom. The summed E-state index contributed by atoms with van der Waals surface area (Å²) in [5, 5.41) is 11.9. The molecule has 3 fully saturated rings. The molecule has 4 heterocycles. The number of aromatic amines is 1. The van der Waals surface area contributed by atoms with Crippen LogP contribution in [-0.2, 0) is 9.53 Å². The van der Waals surface area contributed by atoms with Gasteiger partial charge in [0.1, 0.15) is 5.69 Å². The van der Waals surface area contributed by atoms with Crippen molar-refractivity contribution in [2.45, 2.75) is 38.6 Å². The van der Waals surface area contributed by atoms with Crippen LogP contribution in [0.4, 0.5) is 5.95 Å². The fourth-order valence-corrected chi connectivity index (χ4v) is 5.65. The van der Waals surface area contributed by atoms with Gasteiger partial charge in [0.25, 0.3) is 0 Å². The van der Waals surface area contributed by atoms with Crippen molar-refractivity contribution in [1.82, 2.24) is 30.1 Å². The van der Waals surface area contributed by atoms with Crippen LogP contribution in [0.15, 0.2) is 35.1 Å². The third-order valence-electron chi connectivity index (χ3n) is 7.05. The maximum Gasteiger partial charge on any atom is 0.311 e. The van der Waals surface area contributed by atoms with E-state index in [-0.39, 0.29) is 17.9 Å². The third-order valence-corrected chi connectivity index (χ3v) is 7.26. The van der Waals surface area contributed by atoms with Gasteiger partial charge in [0.05, 0.1) is 29.2 Å². The highest BCUT2D eigenvalue weighted by Crippen LogP contribution is 2.46. The van der Waals surface area contributed by atoms with Gasteiger partial charge in [0, 0.05) is 12.2 Å². The minimum absolute atomic E-state index is 0.115. The Balaban J connectivity index is 1.42. The monoisotopic (exact) mass is 493 g/mol. The Labute approximate surface area is 205 Å². The van der Waals surface area contributed by atoms with Crippen molar-refractivity contribution in [2.75, 3.05) is 11.9 Å². The molecule has 0 unspecified atom stereocenters. The molecule has 4 aromatic heterocycles. The number of halogens is 1. The number of carbonyl (C=O) groups excluding carboxylic acids is 1. The van der Waals surface area contributed by atoms with E-state index < -0.39 is 0 Å². The van der Waals surface area contributed by atoms with E-state index >= 15 is 0 Å². The molecule has 180 valence electrons. The van der Waals surface area contributed by atoms with Crippen LogP contribution in [0.5, 0.6) is 0 Å². The van der Waals surface area contributed by atoms with E-state index in [1.54, 1.807) is 24.5 Å². The maximum atomic E-state index is 12.9. The van der Waals surface area contributed by atoms with E-state index in [0.29, 0.717) is 63.6 Å². The predicted molar refractivity (Wildman–Crippen MR) is 128 cm³/mol. The Hall–Kier alpha value is -3.53. The number of fused-ring (bicyclic) bond motifs is 4. The number of rotatable bonds is 6. The number of pyridine rings is 1. The quantitative estimate of drug-likeness (QED) is 0.372. The Kier molecular flexibility index (Phi) is 5.60. The van der Waals surface area contributed by atoms with E-state index in [4.69, 9.17) is 25.7 Å². The van der Waals surface area contributed by atoms with Gasteiger partial charge in [-0.3, -0.25) is 9.89 Å². The van der Waals surface area contributed by atoms with E-state index in [2.05, 4.69) is 30.5 Å². The molecule has 7 rings (SSSR count). The van der Waals surface area contributed by atoms with Crippen molar-refractivity contribution in [3.8, 4) is 23.1 Å². The molecule has 11 heteroatoms. The first kappa shape index (κ1) is 22.0. The normalized spacial score (nSPS) is 23.5. The lowest BCUT2D eigenvalue weighted by molar-refractivity contribution is -0.154. The summed E-state index contributed by atoms with van der Waals surface area (Å²) in [5.41, 5.74) is 1.08. The summed E-state index contributed by atoms with van der Waals surface area (Å²) in [5.74, 6) is 1.87. The number of nitrogens with zero attached hydrogens (tertiary/aromatic N) is 5. The fraction of sp³-hybridized carbons (Fsp3) is 0.417. The average Bonchev–Trinajstić information content (AvgIpc) is 3.55. The Bertz CT molecular complexity index is 1360. The molecular weight excluding hydrogens is 470 g/mol. The summed E-state index contributed by atoms with van der Waals surface area (Å²) in [4.78, 5) is 31.2. The molecule has 2 bridgehead atoms. The van der Waals surface area contributed by atoms with Crippen LogP contribution in [0.25, 0.3) is 34.1 Å². The van der Waals surface area contributed by atoms with Crippen LogP contribution < -0.4 is 5.32 Å². The molecule has 3 saturated carbocycles. The molecule has 0 saturated heterocycles. The summed E-state index contributed by atoms with van der Waals surface area (Å²) in [6, 6.07) is 5.22. The first-order chi connectivity index (χ1) is 17.1. The van der Waals surface area contributed by atoms with Gasteiger partial charge in [-0.1, -0.05) is 11.6 Å². The lowest BCUT2D eigenvalue weighted by Gasteiger charge is -2.47. The molecule has 4 aromatic rings. The van der Waals surface area contributed by atoms with E-state index in [9.17, 15) is 4.79 Å². The smallest absolute Gasteiger partial charge is 0.311 e. The summed E-state index contributed by atoms with van der Waals surface area (Å²) < 4.78 is 11.0. The van der Waals surface area contributed by atoms with Gasteiger partial charge in [0.15, 0.2) is 17.2 Å². The highest BCUT2D eigenvalue weighted by Gasteiger charge is 2.48. The fourth-order valence-electron chi connectivity index (χ4n) is 5.50. The van der Waals surface area contributed by atoms with Crippen molar-refractivity contribution in [3.63, 3.8) is 0 Å². The van der Waals surface area contributed by atoms with Gasteiger partial charge in [-0.05, 0) is 62.6 Å². The number of esters is 1. The molecule has 2 N–H and O–H groups in total. The lowest BCUT2D eigenvalue weighted by Crippen LogP contribution is -2.52. The maximum absolute atomic E-state index is 12.9. The number of aromatic nitrogens is 6. The minimum Gasteiger partial charge on any atom is -0.466 e. The van der Waals surface area contributed by atoms with Crippen LogP contribution >= 0.6 is 11.6 Å². The largest absolute Gasteiger partial charge is 0.466 e. The second-order valence-corrected chi connectivity index (χ2v) is 9.47. The van der Waals surface area contributed by atoms with Crippen LogP contribution in [0.1, 0.15) is 32.6 Å². The van der Waals surface area contributed by atoms with Gasteiger partial charge in [-0.25, -0.2) is 9.97 Å². The number of ether oxygens (including phenoxy) is 1. The highest BCUT2D eigenvalue weighted by molar-refractivity contribution is 6.31. The minimum atomic E-state index is -0.231. The number of carbonyl (C=O) groups is 1. The average molecular weight is 494 g/mol. The zero-order valence-electron chi connectivity index (χ0n) is 19.1. The van der Waals surface area contributed by atoms with E-state index in [1.165, 1.54) is 6.20 Å². The Morgan fingerprint density at radius 1 is 1.20 bits per heavy atom. The van der Waals surface area contributed by atoms with E-state index in [0.717, 1.165) is 25.7 Å². The lowest BCUT2D eigenvalue weighted by atomic mass is 9.61. The molecule has 0 spiro atoms. The van der Waals surface area contributed by atoms with Crippen molar-refractivity contribution in [3.05, 3.63) is 35.7 Å². The molecule has 35 heavy (non-hydrogen) atoms. The van der Waals surface area contributed by atoms with Crippen LogP contribution in [0, 0.1) is 17.8 Å². The zero-order valence-corrected chi connectivity index (χ0v) is 19.8. The number of hydrogen-bond donors (Lipinski definition) is 2. The van der Waals surface area contributed by atoms with Crippen molar-refractivity contribution in [2.24, 2.45) is 17.8 Å². The van der Waals surface area contributed by atoms with E-state index in [1.807, 2.05) is 6.92 Å². The van der Waals surface area contributed by atoms with Gasteiger partial charge in [-0.15, -0.1) is 0 Å². The van der Waals surface area contributed by atoms with Crippen molar-refractivity contribution in [1.29, 1.82) is 0 Å².